The number of furan rings is 1. The fraction of sp³-hybridized carbons (Fsp3) is 0.269. The first-order chi connectivity index (χ1) is 17.0. The second-order valence-electron chi connectivity index (χ2n) is 7.96. The predicted octanol–water partition coefficient (Wildman–Crippen LogP) is 3.89. The van der Waals surface area contributed by atoms with Crippen molar-refractivity contribution in [1.29, 1.82) is 0 Å². The largest absolute Gasteiger partial charge is 0.497 e. The Bertz CT molecular complexity index is 1210. The van der Waals surface area contributed by atoms with Crippen LogP contribution in [0.25, 0.3) is 0 Å². The zero-order chi connectivity index (χ0) is 24.8. The molecule has 0 radical (unpaired) electrons. The molecule has 1 unspecified atom stereocenters. The van der Waals surface area contributed by atoms with Gasteiger partial charge in [0.25, 0.3) is 11.8 Å². The number of ether oxygens (including phenoxy) is 2. The maximum atomic E-state index is 14.8. The Morgan fingerprint density at radius 2 is 1.97 bits per heavy atom. The molecule has 0 saturated heterocycles. The molecule has 0 N–H and O–H groups in total. The number of hydrazone groups is 1. The molecule has 2 aromatic carbocycles. The third-order valence-corrected chi connectivity index (χ3v) is 5.74. The van der Waals surface area contributed by atoms with Crippen LogP contribution in [0.1, 0.15) is 34.1 Å². The van der Waals surface area contributed by atoms with E-state index in [4.69, 9.17) is 13.9 Å². The molecular formula is C26H26FN3O5. The van der Waals surface area contributed by atoms with Gasteiger partial charge in [-0.05, 0) is 30.3 Å². The van der Waals surface area contributed by atoms with Crippen LogP contribution in [0, 0.1) is 5.82 Å². The van der Waals surface area contributed by atoms with Crippen molar-refractivity contribution in [2.75, 3.05) is 33.9 Å². The first-order valence-electron chi connectivity index (χ1n) is 11.1. The molecule has 1 atom stereocenters. The quantitative estimate of drug-likeness (QED) is 0.465. The van der Waals surface area contributed by atoms with Crippen molar-refractivity contribution >= 4 is 17.5 Å². The van der Waals surface area contributed by atoms with Crippen LogP contribution in [-0.2, 0) is 9.53 Å². The van der Waals surface area contributed by atoms with E-state index in [2.05, 4.69) is 5.10 Å². The van der Waals surface area contributed by atoms with E-state index in [1.807, 2.05) is 24.3 Å². The summed E-state index contributed by atoms with van der Waals surface area (Å²) in [4.78, 5) is 27.8. The molecule has 0 aliphatic carbocycles. The zero-order valence-electron chi connectivity index (χ0n) is 19.5. The third-order valence-electron chi connectivity index (χ3n) is 5.74. The number of hydrogen-bond donors (Lipinski definition) is 0. The molecule has 0 spiro atoms. The Morgan fingerprint density at radius 3 is 2.69 bits per heavy atom. The molecule has 1 aliphatic rings. The van der Waals surface area contributed by atoms with Crippen LogP contribution in [0.5, 0.6) is 5.75 Å². The van der Waals surface area contributed by atoms with Gasteiger partial charge in [0.1, 0.15) is 18.1 Å². The monoisotopic (exact) mass is 479 g/mol. The second-order valence-corrected chi connectivity index (χ2v) is 7.96. The average Bonchev–Trinajstić information content (AvgIpc) is 3.57. The summed E-state index contributed by atoms with van der Waals surface area (Å²) in [7, 11) is 3.08. The van der Waals surface area contributed by atoms with E-state index in [1.165, 1.54) is 35.4 Å². The van der Waals surface area contributed by atoms with Crippen LogP contribution in [0.4, 0.5) is 4.39 Å². The van der Waals surface area contributed by atoms with Crippen molar-refractivity contribution in [3.05, 3.63) is 89.6 Å². The van der Waals surface area contributed by atoms with Gasteiger partial charge in [-0.3, -0.25) is 9.59 Å². The summed E-state index contributed by atoms with van der Waals surface area (Å²) >= 11 is 0. The van der Waals surface area contributed by atoms with Crippen LogP contribution >= 0.6 is 0 Å². The molecule has 0 saturated carbocycles. The topological polar surface area (TPSA) is 84.6 Å². The van der Waals surface area contributed by atoms with Crippen molar-refractivity contribution in [3.8, 4) is 5.75 Å². The molecule has 182 valence electrons. The Kier molecular flexibility index (Phi) is 7.57. The highest BCUT2D eigenvalue weighted by Crippen LogP contribution is 2.34. The van der Waals surface area contributed by atoms with E-state index < -0.39 is 23.7 Å². The highest BCUT2D eigenvalue weighted by atomic mass is 19.1. The van der Waals surface area contributed by atoms with E-state index in [1.54, 1.807) is 31.4 Å². The number of nitrogens with zero attached hydrogens (tertiary/aromatic N) is 3. The van der Waals surface area contributed by atoms with Gasteiger partial charge in [-0.25, -0.2) is 9.40 Å². The first-order valence-corrected chi connectivity index (χ1v) is 11.1. The van der Waals surface area contributed by atoms with Gasteiger partial charge in [0, 0.05) is 31.2 Å². The fourth-order valence-electron chi connectivity index (χ4n) is 3.95. The molecule has 4 rings (SSSR count). The minimum Gasteiger partial charge on any atom is -0.497 e. The van der Waals surface area contributed by atoms with Crippen molar-refractivity contribution < 1.29 is 27.9 Å². The molecule has 3 aromatic rings. The van der Waals surface area contributed by atoms with Gasteiger partial charge >= 0.3 is 0 Å². The normalized spacial score (nSPS) is 15.1. The maximum absolute atomic E-state index is 14.8. The van der Waals surface area contributed by atoms with Crippen molar-refractivity contribution in [2.45, 2.75) is 12.5 Å². The van der Waals surface area contributed by atoms with Crippen LogP contribution in [0.15, 0.2) is 76.4 Å². The summed E-state index contributed by atoms with van der Waals surface area (Å²) in [6.07, 6.45) is 1.70. The summed E-state index contributed by atoms with van der Waals surface area (Å²) in [6.45, 7) is 0.129. The SMILES string of the molecule is COCCN(CC(=O)N1N=C(c2cccc(OC)c2)CC1c1ccccc1F)C(=O)c1ccco1. The number of methoxy groups -OCH3 is 2. The van der Waals surface area contributed by atoms with Gasteiger partial charge in [0.2, 0.25) is 0 Å². The van der Waals surface area contributed by atoms with Gasteiger partial charge in [0.15, 0.2) is 5.76 Å². The standard InChI is InChI=1S/C26H26FN3O5/c1-33-14-12-29(26(32)24-11-6-13-35-24)17-25(31)30-23(20-9-3-4-10-21(20)27)16-22(28-30)18-7-5-8-19(15-18)34-2/h3-11,13,15,23H,12,14,16-17H2,1-2H3. The van der Waals surface area contributed by atoms with E-state index >= 15 is 0 Å². The maximum Gasteiger partial charge on any atom is 0.290 e. The molecule has 2 heterocycles. The van der Waals surface area contributed by atoms with Gasteiger partial charge in [-0.1, -0.05) is 30.3 Å². The highest BCUT2D eigenvalue weighted by Gasteiger charge is 2.36. The summed E-state index contributed by atoms with van der Waals surface area (Å²) in [6, 6.07) is 16.1. The van der Waals surface area contributed by atoms with Crippen molar-refractivity contribution in [3.63, 3.8) is 0 Å². The summed E-state index contributed by atoms with van der Waals surface area (Å²) in [5, 5.41) is 5.84. The Labute approximate surface area is 202 Å². The first kappa shape index (κ1) is 24.2. The van der Waals surface area contributed by atoms with E-state index in [0.29, 0.717) is 23.4 Å². The third kappa shape index (κ3) is 5.41. The van der Waals surface area contributed by atoms with Crippen LogP contribution in [0.3, 0.4) is 0 Å². The lowest BCUT2D eigenvalue weighted by molar-refractivity contribution is -0.133. The minimum atomic E-state index is -0.659. The fourth-order valence-corrected chi connectivity index (χ4v) is 3.95. The number of benzene rings is 2. The molecule has 9 heteroatoms. The Morgan fingerprint density at radius 1 is 1.14 bits per heavy atom. The summed E-state index contributed by atoms with van der Waals surface area (Å²) in [5.41, 5.74) is 1.73. The Balaban J connectivity index is 1.65. The van der Waals surface area contributed by atoms with Crippen molar-refractivity contribution in [1.82, 2.24) is 9.91 Å². The smallest absolute Gasteiger partial charge is 0.290 e. The number of hydrogen-bond acceptors (Lipinski definition) is 6. The van der Waals surface area contributed by atoms with E-state index in [9.17, 15) is 14.0 Å². The molecule has 8 nitrogen and oxygen atoms in total. The van der Waals surface area contributed by atoms with Crippen LogP contribution in [0.2, 0.25) is 0 Å². The zero-order valence-corrected chi connectivity index (χ0v) is 19.5. The molecule has 2 amide bonds. The number of amides is 2. The summed E-state index contributed by atoms with van der Waals surface area (Å²) in [5.74, 6) is -0.569. The lowest BCUT2D eigenvalue weighted by Gasteiger charge is -2.26. The molecule has 35 heavy (non-hydrogen) atoms. The second kappa shape index (κ2) is 11.0. The average molecular weight is 480 g/mol. The Hall–Kier alpha value is -3.98. The van der Waals surface area contributed by atoms with Gasteiger partial charge in [-0.2, -0.15) is 5.10 Å². The molecule has 0 fully saturated rings. The lowest BCUT2D eigenvalue weighted by atomic mass is 9.98. The summed E-state index contributed by atoms with van der Waals surface area (Å²) < 4.78 is 30.4. The lowest BCUT2D eigenvalue weighted by Crippen LogP contribution is -2.42. The van der Waals surface area contributed by atoms with Gasteiger partial charge < -0.3 is 18.8 Å². The van der Waals surface area contributed by atoms with E-state index in [-0.39, 0.29) is 25.5 Å². The molecule has 1 aromatic heterocycles. The van der Waals surface area contributed by atoms with Gasteiger partial charge in [0.05, 0.1) is 31.7 Å². The van der Waals surface area contributed by atoms with Crippen molar-refractivity contribution in [2.24, 2.45) is 5.10 Å². The van der Waals surface area contributed by atoms with E-state index in [0.717, 1.165) is 5.56 Å². The van der Waals surface area contributed by atoms with Crippen LogP contribution < -0.4 is 4.74 Å². The van der Waals surface area contributed by atoms with Gasteiger partial charge in [-0.15, -0.1) is 0 Å². The van der Waals surface area contributed by atoms with Crippen LogP contribution in [-0.4, -0.2) is 61.4 Å². The number of rotatable bonds is 9. The molecule has 0 bridgehead atoms. The minimum absolute atomic E-state index is 0.113. The highest BCUT2D eigenvalue weighted by molar-refractivity contribution is 6.04. The number of halogens is 1. The number of carbonyl (C=O) groups is 2. The molecule has 1 aliphatic heterocycles. The molecular weight excluding hydrogens is 453 g/mol. The number of carbonyl (C=O) groups excluding carboxylic acids is 2. The predicted molar refractivity (Wildman–Crippen MR) is 127 cm³/mol.